The van der Waals surface area contributed by atoms with Crippen LogP contribution >= 0.6 is 0 Å². The van der Waals surface area contributed by atoms with Gasteiger partial charge in [0.2, 0.25) is 6.43 Å². The van der Waals surface area contributed by atoms with Crippen LogP contribution in [0.15, 0.2) is 30.3 Å². The fourth-order valence-corrected chi connectivity index (χ4v) is 2.50. The summed E-state index contributed by atoms with van der Waals surface area (Å²) >= 11 is 0. The van der Waals surface area contributed by atoms with Crippen LogP contribution in [0, 0.1) is 12.3 Å². The maximum Gasteiger partial charge on any atom is 0.253 e. The maximum atomic E-state index is 12.8. The molecule has 1 heterocycles. The molecule has 110 valence electrons. The van der Waals surface area contributed by atoms with E-state index >= 15 is 0 Å². The van der Waals surface area contributed by atoms with Crippen molar-refractivity contribution < 1.29 is 13.6 Å². The highest BCUT2D eigenvalue weighted by molar-refractivity contribution is 6.05. The van der Waals surface area contributed by atoms with Crippen molar-refractivity contribution in [2.75, 3.05) is 0 Å². The van der Waals surface area contributed by atoms with E-state index in [9.17, 15) is 13.6 Å². The molecule has 1 fully saturated rings. The number of benzene rings is 1. The zero-order valence-electron chi connectivity index (χ0n) is 11.9. The minimum atomic E-state index is -2.42. The van der Waals surface area contributed by atoms with Crippen LogP contribution in [0.3, 0.4) is 0 Å². The van der Waals surface area contributed by atoms with Crippen molar-refractivity contribution in [1.82, 2.24) is 10.3 Å². The van der Waals surface area contributed by atoms with Gasteiger partial charge in [-0.15, -0.1) is 0 Å². The van der Waals surface area contributed by atoms with Gasteiger partial charge in [-0.05, 0) is 25.5 Å². The smallest absolute Gasteiger partial charge is 0.253 e. The molecule has 1 aromatic carbocycles. The van der Waals surface area contributed by atoms with E-state index in [2.05, 4.69) is 10.3 Å². The van der Waals surface area contributed by atoms with Crippen molar-refractivity contribution in [3.8, 4) is 0 Å². The first kappa shape index (κ1) is 13.9. The number of halogens is 2. The number of aromatic nitrogens is 1. The van der Waals surface area contributed by atoms with Crippen molar-refractivity contribution in [2.24, 2.45) is 5.41 Å². The largest absolute Gasteiger partial charge is 0.348 e. The molecule has 21 heavy (non-hydrogen) atoms. The van der Waals surface area contributed by atoms with Crippen LogP contribution in [0.5, 0.6) is 0 Å². The van der Waals surface area contributed by atoms with Gasteiger partial charge >= 0.3 is 0 Å². The van der Waals surface area contributed by atoms with Gasteiger partial charge < -0.3 is 5.32 Å². The number of hydrogen-bond acceptors (Lipinski definition) is 2. The van der Waals surface area contributed by atoms with Gasteiger partial charge in [0.15, 0.2) is 0 Å². The third-order valence-corrected chi connectivity index (χ3v) is 4.19. The molecular weight excluding hydrogens is 274 g/mol. The van der Waals surface area contributed by atoms with E-state index in [4.69, 9.17) is 0 Å². The van der Waals surface area contributed by atoms with Crippen molar-refractivity contribution >= 4 is 16.8 Å². The van der Waals surface area contributed by atoms with Gasteiger partial charge in [-0.3, -0.25) is 9.78 Å². The monoisotopic (exact) mass is 290 g/mol. The van der Waals surface area contributed by atoms with Crippen molar-refractivity contribution in [3.05, 3.63) is 41.6 Å². The number of hydrogen-bond donors (Lipinski definition) is 1. The Balaban J connectivity index is 1.88. The highest BCUT2D eigenvalue weighted by Gasteiger charge is 2.57. The predicted molar refractivity (Wildman–Crippen MR) is 76.5 cm³/mol. The molecule has 1 aliphatic rings. The van der Waals surface area contributed by atoms with Gasteiger partial charge in [0.25, 0.3) is 5.91 Å². The lowest BCUT2D eigenvalue weighted by Crippen LogP contribution is -2.31. The Morgan fingerprint density at radius 3 is 2.81 bits per heavy atom. The van der Waals surface area contributed by atoms with Crippen LogP contribution in [-0.4, -0.2) is 23.4 Å². The Morgan fingerprint density at radius 2 is 2.14 bits per heavy atom. The van der Waals surface area contributed by atoms with Gasteiger partial charge in [-0.1, -0.05) is 25.1 Å². The predicted octanol–water partition coefficient (Wildman–Crippen LogP) is 3.32. The Hall–Kier alpha value is -2.04. The summed E-state index contributed by atoms with van der Waals surface area (Å²) in [7, 11) is 0. The van der Waals surface area contributed by atoms with E-state index in [1.54, 1.807) is 12.1 Å². The van der Waals surface area contributed by atoms with Gasteiger partial charge in [0.1, 0.15) is 0 Å². The molecule has 0 aliphatic heterocycles. The molecule has 2 atom stereocenters. The first-order chi connectivity index (χ1) is 9.91. The fraction of sp³-hybridized carbons (Fsp3) is 0.375. The number of amides is 1. The van der Waals surface area contributed by atoms with Crippen LogP contribution in [0.4, 0.5) is 8.78 Å². The van der Waals surface area contributed by atoms with Crippen LogP contribution in [0.25, 0.3) is 10.9 Å². The zero-order chi connectivity index (χ0) is 15.2. The Bertz CT molecular complexity index is 716. The second-order valence-electron chi connectivity index (χ2n) is 5.87. The Kier molecular flexibility index (Phi) is 3.15. The molecule has 1 aliphatic carbocycles. The van der Waals surface area contributed by atoms with E-state index in [0.29, 0.717) is 17.5 Å². The summed E-state index contributed by atoms with van der Waals surface area (Å²) in [6.07, 6.45) is -2.11. The topological polar surface area (TPSA) is 42.0 Å². The summed E-state index contributed by atoms with van der Waals surface area (Å²) in [4.78, 5) is 16.7. The van der Waals surface area contributed by atoms with Crippen LogP contribution in [0.1, 0.15) is 29.4 Å². The minimum absolute atomic E-state index is 0.313. The second-order valence-corrected chi connectivity index (χ2v) is 5.87. The summed E-state index contributed by atoms with van der Waals surface area (Å²) in [6.45, 7) is 3.34. The lowest BCUT2D eigenvalue weighted by Gasteiger charge is -2.12. The third-order valence-electron chi connectivity index (χ3n) is 4.19. The van der Waals surface area contributed by atoms with E-state index in [1.807, 2.05) is 25.1 Å². The lowest BCUT2D eigenvalue weighted by molar-refractivity contribution is 0.0644. The van der Waals surface area contributed by atoms with Crippen LogP contribution in [-0.2, 0) is 0 Å². The summed E-state index contributed by atoms with van der Waals surface area (Å²) < 4.78 is 25.7. The number of carbonyl (C=O) groups is 1. The SMILES string of the molecule is Cc1ccc2cccc(C(=O)NC3CC3(C)C(F)F)c2n1. The average molecular weight is 290 g/mol. The number of nitrogens with zero attached hydrogens (tertiary/aromatic N) is 1. The van der Waals surface area contributed by atoms with Crippen LogP contribution in [0.2, 0.25) is 0 Å². The molecule has 3 nitrogen and oxygen atoms in total. The number of rotatable bonds is 3. The molecule has 1 amide bonds. The molecule has 1 aromatic heterocycles. The zero-order valence-corrected chi connectivity index (χ0v) is 11.9. The molecule has 0 radical (unpaired) electrons. The van der Waals surface area contributed by atoms with Gasteiger partial charge in [-0.25, -0.2) is 8.78 Å². The van der Waals surface area contributed by atoms with Crippen molar-refractivity contribution in [1.29, 1.82) is 0 Å². The van der Waals surface area contributed by atoms with E-state index in [0.717, 1.165) is 11.1 Å². The molecule has 2 aromatic rings. The number of fused-ring (bicyclic) bond motifs is 1. The molecule has 0 bridgehead atoms. The normalized spacial score (nSPS) is 24.3. The van der Waals surface area contributed by atoms with Crippen molar-refractivity contribution in [2.45, 2.75) is 32.7 Å². The lowest BCUT2D eigenvalue weighted by atomic mass is 10.1. The number of carbonyl (C=O) groups excluding carboxylic acids is 1. The minimum Gasteiger partial charge on any atom is -0.348 e. The van der Waals surface area contributed by atoms with Gasteiger partial charge in [0.05, 0.1) is 16.5 Å². The summed E-state index contributed by atoms with van der Waals surface area (Å²) in [5.41, 5.74) is 0.754. The molecule has 1 N–H and O–H groups in total. The van der Waals surface area contributed by atoms with Crippen LogP contribution < -0.4 is 5.32 Å². The van der Waals surface area contributed by atoms with E-state index in [1.165, 1.54) is 6.92 Å². The summed E-state index contributed by atoms with van der Waals surface area (Å²) in [6, 6.07) is 8.62. The molecule has 3 rings (SSSR count). The molecule has 2 unspecified atom stereocenters. The number of pyridine rings is 1. The Morgan fingerprint density at radius 1 is 1.38 bits per heavy atom. The molecule has 1 saturated carbocycles. The van der Waals surface area contributed by atoms with Gasteiger partial charge in [0, 0.05) is 17.1 Å². The van der Waals surface area contributed by atoms with E-state index in [-0.39, 0.29) is 5.91 Å². The standard InChI is InChI=1S/C16H16F2N2O/c1-9-6-7-10-4-3-5-11(13(10)19-9)14(21)20-12-8-16(12,2)15(17)18/h3-7,12,15H,8H2,1-2H3,(H,20,21). The van der Waals surface area contributed by atoms with Gasteiger partial charge in [-0.2, -0.15) is 0 Å². The number of aryl methyl sites for hydroxylation is 1. The number of para-hydroxylation sites is 1. The van der Waals surface area contributed by atoms with Crippen molar-refractivity contribution in [3.63, 3.8) is 0 Å². The third kappa shape index (κ3) is 2.37. The number of alkyl halides is 2. The average Bonchev–Trinajstić information content (AvgIpc) is 3.10. The number of nitrogens with one attached hydrogen (secondary N) is 1. The first-order valence-electron chi connectivity index (χ1n) is 6.87. The molecule has 0 saturated heterocycles. The molecular formula is C16H16F2N2O. The maximum absolute atomic E-state index is 12.8. The first-order valence-corrected chi connectivity index (χ1v) is 6.87. The highest BCUT2D eigenvalue weighted by Crippen LogP contribution is 2.50. The highest BCUT2D eigenvalue weighted by atomic mass is 19.3. The summed E-state index contributed by atoms with van der Waals surface area (Å²) in [5, 5.41) is 3.56. The second kappa shape index (κ2) is 4.76. The molecule has 0 spiro atoms. The fourth-order valence-electron chi connectivity index (χ4n) is 2.50. The quantitative estimate of drug-likeness (QED) is 0.942. The van der Waals surface area contributed by atoms with E-state index < -0.39 is 17.9 Å². The molecule has 5 heteroatoms. The Labute approximate surface area is 121 Å². The summed E-state index contributed by atoms with van der Waals surface area (Å²) in [5.74, 6) is -0.340.